The second-order valence-electron chi connectivity index (χ2n) is 12.7. The Balaban J connectivity index is 3.65. The van der Waals surface area contributed by atoms with E-state index in [4.69, 9.17) is 0 Å². The molecule has 5 nitrogen and oxygen atoms in total. The first-order valence-electron chi connectivity index (χ1n) is 18.9. The van der Waals surface area contributed by atoms with Crippen molar-refractivity contribution in [3.8, 4) is 0 Å². The van der Waals surface area contributed by atoms with Crippen LogP contribution < -0.4 is 5.32 Å². The van der Waals surface area contributed by atoms with Crippen molar-refractivity contribution in [1.29, 1.82) is 0 Å². The quantitative estimate of drug-likeness (QED) is 0.0429. The van der Waals surface area contributed by atoms with Crippen molar-refractivity contribution < 1.29 is 20.1 Å². The van der Waals surface area contributed by atoms with E-state index in [9.17, 15) is 20.1 Å². The van der Waals surface area contributed by atoms with E-state index < -0.39 is 18.2 Å². The summed E-state index contributed by atoms with van der Waals surface area (Å²) >= 11 is 0. The minimum atomic E-state index is -1.16. The average molecular weight is 632 g/mol. The molecule has 0 aliphatic carbocycles. The SMILES string of the molecule is CC/C=C\C/C=C\CCCCCCCCCCCCCCCCC(=O)NC(CO)C(O)C(O)CCC/C=C/CC/C=C/CCC. The van der Waals surface area contributed by atoms with Gasteiger partial charge < -0.3 is 20.6 Å². The van der Waals surface area contributed by atoms with Gasteiger partial charge in [-0.05, 0) is 70.6 Å². The molecule has 5 heteroatoms. The maximum Gasteiger partial charge on any atom is 0.220 e. The molecule has 45 heavy (non-hydrogen) atoms. The number of unbranched alkanes of at least 4 members (excludes halogenated alkanes) is 17. The monoisotopic (exact) mass is 632 g/mol. The molecule has 0 aromatic heterocycles. The summed E-state index contributed by atoms with van der Waals surface area (Å²) in [5.74, 6) is -0.163. The highest BCUT2D eigenvalue weighted by Crippen LogP contribution is 2.15. The molecule has 0 fully saturated rings. The summed E-state index contributed by atoms with van der Waals surface area (Å²) < 4.78 is 0. The van der Waals surface area contributed by atoms with Crippen molar-refractivity contribution in [2.75, 3.05) is 6.61 Å². The third kappa shape index (κ3) is 30.7. The molecule has 0 heterocycles. The molecule has 0 saturated heterocycles. The van der Waals surface area contributed by atoms with E-state index >= 15 is 0 Å². The first kappa shape index (κ1) is 43.3. The van der Waals surface area contributed by atoms with Gasteiger partial charge in [-0.2, -0.15) is 0 Å². The third-order valence-corrected chi connectivity index (χ3v) is 8.37. The van der Waals surface area contributed by atoms with Crippen LogP contribution in [-0.4, -0.2) is 46.1 Å². The highest BCUT2D eigenvalue weighted by molar-refractivity contribution is 5.76. The Morgan fingerprint density at radius 1 is 0.578 bits per heavy atom. The van der Waals surface area contributed by atoms with E-state index in [-0.39, 0.29) is 12.5 Å². The van der Waals surface area contributed by atoms with Crippen molar-refractivity contribution in [1.82, 2.24) is 5.32 Å². The number of hydrogen-bond donors (Lipinski definition) is 4. The molecular formula is C40H73NO4. The summed E-state index contributed by atoms with van der Waals surface area (Å²) in [6, 6.07) is -0.830. The standard InChI is InChI=1S/C40H73NO4/c1-3-5-7-9-11-13-15-16-17-18-19-20-21-22-23-24-25-27-29-31-33-35-39(44)41-37(36-42)40(45)38(43)34-32-30-28-26-14-12-10-8-6-4-2/h5,7-8,10-11,13,26,28,37-38,40,42-43,45H,3-4,6,9,12,14-25,27,29-36H2,1-2H3,(H,41,44)/b7-5-,10-8+,13-11-,28-26+. The lowest BCUT2D eigenvalue weighted by atomic mass is 10.0. The van der Waals surface area contributed by atoms with Gasteiger partial charge >= 0.3 is 0 Å². The third-order valence-electron chi connectivity index (χ3n) is 8.37. The zero-order chi connectivity index (χ0) is 33.1. The molecule has 0 rings (SSSR count). The fourth-order valence-corrected chi connectivity index (χ4v) is 5.46. The predicted octanol–water partition coefficient (Wildman–Crippen LogP) is 10.2. The van der Waals surface area contributed by atoms with Gasteiger partial charge in [0.25, 0.3) is 0 Å². The molecule has 3 unspecified atom stereocenters. The first-order valence-corrected chi connectivity index (χ1v) is 18.9. The van der Waals surface area contributed by atoms with Gasteiger partial charge in [-0.1, -0.05) is 146 Å². The van der Waals surface area contributed by atoms with Crippen molar-refractivity contribution >= 4 is 5.91 Å². The normalized spacial score (nSPS) is 14.3. The molecular weight excluding hydrogens is 558 g/mol. The van der Waals surface area contributed by atoms with Crippen LogP contribution in [0.3, 0.4) is 0 Å². The second-order valence-corrected chi connectivity index (χ2v) is 12.7. The van der Waals surface area contributed by atoms with Gasteiger partial charge in [0.05, 0.1) is 18.8 Å². The van der Waals surface area contributed by atoms with E-state index in [2.05, 4.69) is 67.8 Å². The van der Waals surface area contributed by atoms with Crippen molar-refractivity contribution in [3.63, 3.8) is 0 Å². The second kappa shape index (κ2) is 35.2. The molecule has 4 N–H and O–H groups in total. The Kier molecular flexibility index (Phi) is 33.8. The van der Waals surface area contributed by atoms with Gasteiger partial charge in [0.15, 0.2) is 0 Å². The summed E-state index contributed by atoms with van der Waals surface area (Å²) in [4.78, 5) is 12.4. The largest absolute Gasteiger partial charge is 0.394 e. The van der Waals surface area contributed by atoms with Gasteiger partial charge in [-0.15, -0.1) is 0 Å². The van der Waals surface area contributed by atoms with Gasteiger partial charge in [0.1, 0.15) is 6.10 Å². The fraction of sp³-hybridized carbons (Fsp3) is 0.775. The molecule has 0 radical (unpaired) electrons. The van der Waals surface area contributed by atoms with Crippen LogP contribution in [0.2, 0.25) is 0 Å². The Hall–Kier alpha value is -1.69. The summed E-state index contributed by atoms with van der Waals surface area (Å²) in [5.41, 5.74) is 0. The number of nitrogens with one attached hydrogen (secondary N) is 1. The van der Waals surface area contributed by atoms with E-state index in [0.29, 0.717) is 12.8 Å². The Morgan fingerprint density at radius 3 is 1.60 bits per heavy atom. The smallest absolute Gasteiger partial charge is 0.220 e. The van der Waals surface area contributed by atoms with Crippen LogP contribution in [0.25, 0.3) is 0 Å². The number of carbonyl (C=O) groups is 1. The molecule has 0 aromatic rings. The van der Waals surface area contributed by atoms with Crippen molar-refractivity contribution in [2.24, 2.45) is 0 Å². The molecule has 262 valence electrons. The topological polar surface area (TPSA) is 89.8 Å². The van der Waals surface area contributed by atoms with Gasteiger partial charge in [0.2, 0.25) is 5.91 Å². The fourth-order valence-electron chi connectivity index (χ4n) is 5.46. The predicted molar refractivity (Wildman–Crippen MR) is 194 cm³/mol. The maximum absolute atomic E-state index is 12.4. The van der Waals surface area contributed by atoms with Gasteiger partial charge in [-0.25, -0.2) is 0 Å². The molecule has 0 saturated carbocycles. The maximum atomic E-state index is 12.4. The van der Waals surface area contributed by atoms with Crippen LogP contribution in [-0.2, 0) is 4.79 Å². The molecule has 0 aliphatic heterocycles. The van der Waals surface area contributed by atoms with E-state index in [1.165, 1.54) is 83.5 Å². The number of carbonyl (C=O) groups excluding carboxylic acids is 1. The van der Waals surface area contributed by atoms with Crippen molar-refractivity contribution in [3.05, 3.63) is 48.6 Å². The zero-order valence-corrected chi connectivity index (χ0v) is 29.5. The minimum Gasteiger partial charge on any atom is -0.394 e. The lowest BCUT2D eigenvalue weighted by Crippen LogP contribution is -2.50. The number of amides is 1. The average Bonchev–Trinajstić information content (AvgIpc) is 3.04. The van der Waals surface area contributed by atoms with E-state index in [1.807, 2.05) is 0 Å². The highest BCUT2D eigenvalue weighted by atomic mass is 16.3. The molecule has 0 aromatic carbocycles. The number of hydrogen-bond acceptors (Lipinski definition) is 4. The van der Waals surface area contributed by atoms with Crippen LogP contribution in [0.1, 0.15) is 174 Å². The number of allylic oxidation sites excluding steroid dienone is 8. The van der Waals surface area contributed by atoms with Crippen LogP contribution in [0, 0.1) is 0 Å². The van der Waals surface area contributed by atoms with Gasteiger partial charge in [0, 0.05) is 6.42 Å². The first-order chi connectivity index (χ1) is 22.1. The summed E-state index contributed by atoms with van der Waals surface area (Å²) in [6.07, 6.45) is 43.6. The Labute approximate surface area is 278 Å². The minimum absolute atomic E-state index is 0.163. The lowest BCUT2D eigenvalue weighted by molar-refractivity contribution is -0.124. The molecule has 0 spiro atoms. The number of rotatable bonds is 33. The molecule has 3 atom stereocenters. The lowest BCUT2D eigenvalue weighted by Gasteiger charge is -2.26. The Bertz CT molecular complexity index is 745. The molecule has 1 amide bonds. The molecule has 0 aliphatic rings. The van der Waals surface area contributed by atoms with Crippen LogP contribution in [0.15, 0.2) is 48.6 Å². The zero-order valence-electron chi connectivity index (χ0n) is 29.5. The summed E-state index contributed by atoms with van der Waals surface area (Å²) in [5, 5.41) is 33.2. The summed E-state index contributed by atoms with van der Waals surface area (Å²) in [6.45, 7) is 3.97. The van der Waals surface area contributed by atoms with Crippen LogP contribution in [0.4, 0.5) is 0 Å². The van der Waals surface area contributed by atoms with Crippen molar-refractivity contribution in [2.45, 2.75) is 193 Å². The summed E-state index contributed by atoms with van der Waals surface area (Å²) in [7, 11) is 0. The van der Waals surface area contributed by atoms with Crippen LogP contribution in [0.5, 0.6) is 0 Å². The number of aliphatic hydroxyl groups excluding tert-OH is 3. The van der Waals surface area contributed by atoms with Crippen LogP contribution >= 0.6 is 0 Å². The van der Waals surface area contributed by atoms with Gasteiger partial charge in [-0.3, -0.25) is 4.79 Å². The number of aliphatic hydroxyl groups is 3. The highest BCUT2D eigenvalue weighted by Gasteiger charge is 2.26. The Morgan fingerprint density at radius 2 is 1.04 bits per heavy atom. The van der Waals surface area contributed by atoms with E-state index in [0.717, 1.165) is 64.2 Å². The van der Waals surface area contributed by atoms with E-state index in [1.54, 1.807) is 0 Å². The molecule has 0 bridgehead atoms.